The fourth-order valence-electron chi connectivity index (χ4n) is 2.37. The summed E-state index contributed by atoms with van der Waals surface area (Å²) in [7, 11) is -4.31. The third-order valence-electron chi connectivity index (χ3n) is 3.67. The summed E-state index contributed by atoms with van der Waals surface area (Å²) < 4.78 is 66.6. The molecule has 0 aliphatic heterocycles. The van der Waals surface area contributed by atoms with Crippen LogP contribution in [0.1, 0.15) is 36.1 Å². The number of hydrogen-bond donors (Lipinski definition) is 1. The summed E-state index contributed by atoms with van der Waals surface area (Å²) >= 11 is 0. The molecule has 0 heterocycles. The van der Waals surface area contributed by atoms with Crippen LogP contribution in [0.5, 0.6) is 0 Å². The Kier molecular flexibility index (Phi) is 5.35. The first-order chi connectivity index (χ1) is 11.1. The number of aryl methyl sites for hydroxylation is 1. The zero-order valence-electron chi connectivity index (χ0n) is 13.3. The number of benzene rings is 2. The van der Waals surface area contributed by atoms with Gasteiger partial charge in [0.25, 0.3) is 0 Å². The molecule has 2 aromatic rings. The van der Waals surface area contributed by atoms with E-state index < -0.39 is 32.7 Å². The average Bonchev–Trinajstić information content (AvgIpc) is 2.53. The maximum absolute atomic E-state index is 13.1. The standard InChI is InChI=1S/C17H18F3NO2S/c1-3-15(13-10-8-12(2)9-11-13)21-24(22,23)16-7-5-4-6-14(16)17(18,19)20/h4-11,15,21H,3H2,1-2H3. The van der Waals surface area contributed by atoms with Crippen molar-refractivity contribution in [1.29, 1.82) is 0 Å². The van der Waals surface area contributed by atoms with E-state index in [9.17, 15) is 21.6 Å². The Balaban J connectivity index is 2.39. The van der Waals surface area contributed by atoms with E-state index in [2.05, 4.69) is 4.72 Å². The summed E-state index contributed by atoms with van der Waals surface area (Å²) in [6, 6.07) is 10.8. The van der Waals surface area contributed by atoms with Crippen LogP contribution in [0.3, 0.4) is 0 Å². The predicted molar refractivity (Wildman–Crippen MR) is 86.0 cm³/mol. The maximum atomic E-state index is 13.1. The third-order valence-corrected chi connectivity index (χ3v) is 5.20. The second-order valence-corrected chi connectivity index (χ2v) is 7.17. The lowest BCUT2D eigenvalue weighted by molar-refractivity contribution is -0.139. The first kappa shape index (κ1) is 18.5. The SMILES string of the molecule is CCC(NS(=O)(=O)c1ccccc1C(F)(F)F)c1ccc(C)cc1. The van der Waals surface area contributed by atoms with Crippen molar-refractivity contribution in [3.8, 4) is 0 Å². The van der Waals surface area contributed by atoms with Crippen LogP contribution in [0, 0.1) is 6.92 Å². The zero-order chi connectivity index (χ0) is 18.0. The predicted octanol–water partition coefficient (Wildman–Crippen LogP) is 4.44. The van der Waals surface area contributed by atoms with Crippen LogP contribution in [0.15, 0.2) is 53.4 Å². The number of halogens is 3. The van der Waals surface area contributed by atoms with Gasteiger partial charge in [-0.05, 0) is 31.0 Å². The molecular weight excluding hydrogens is 339 g/mol. The number of alkyl halides is 3. The van der Waals surface area contributed by atoms with E-state index in [1.807, 2.05) is 19.1 Å². The number of nitrogens with one attached hydrogen (secondary N) is 1. The molecular formula is C17H18F3NO2S. The Labute approximate surface area is 139 Å². The molecule has 0 aliphatic rings. The minimum Gasteiger partial charge on any atom is -0.207 e. The maximum Gasteiger partial charge on any atom is 0.417 e. The molecule has 1 atom stereocenters. The molecule has 0 aliphatic carbocycles. The van der Waals surface area contributed by atoms with Gasteiger partial charge >= 0.3 is 6.18 Å². The molecule has 7 heteroatoms. The summed E-state index contributed by atoms with van der Waals surface area (Å²) in [6.45, 7) is 3.66. The van der Waals surface area contributed by atoms with Crippen molar-refractivity contribution in [2.24, 2.45) is 0 Å². The van der Waals surface area contributed by atoms with Crippen molar-refractivity contribution in [1.82, 2.24) is 4.72 Å². The van der Waals surface area contributed by atoms with Crippen LogP contribution in [0.4, 0.5) is 13.2 Å². The number of sulfonamides is 1. The highest BCUT2D eigenvalue weighted by Gasteiger charge is 2.37. The van der Waals surface area contributed by atoms with Crippen LogP contribution < -0.4 is 4.72 Å². The van der Waals surface area contributed by atoms with Crippen molar-refractivity contribution >= 4 is 10.0 Å². The van der Waals surface area contributed by atoms with Gasteiger partial charge in [-0.2, -0.15) is 13.2 Å². The quantitative estimate of drug-likeness (QED) is 0.860. The van der Waals surface area contributed by atoms with Gasteiger partial charge in [0.05, 0.1) is 10.5 Å². The molecule has 0 saturated heterocycles. The van der Waals surface area contributed by atoms with Crippen molar-refractivity contribution in [3.05, 3.63) is 65.2 Å². The highest BCUT2D eigenvalue weighted by atomic mass is 32.2. The molecule has 0 amide bonds. The highest BCUT2D eigenvalue weighted by Crippen LogP contribution is 2.34. The first-order valence-corrected chi connectivity index (χ1v) is 8.88. The molecule has 0 radical (unpaired) electrons. The molecule has 2 rings (SSSR count). The highest BCUT2D eigenvalue weighted by molar-refractivity contribution is 7.89. The molecule has 0 aromatic heterocycles. The molecule has 0 spiro atoms. The lowest BCUT2D eigenvalue weighted by atomic mass is 10.0. The van der Waals surface area contributed by atoms with Gasteiger partial charge in [-0.25, -0.2) is 13.1 Å². The molecule has 1 N–H and O–H groups in total. The first-order valence-electron chi connectivity index (χ1n) is 7.40. The van der Waals surface area contributed by atoms with Gasteiger partial charge in [-0.15, -0.1) is 0 Å². The second-order valence-electron chi connectivity index (χ2n) is 5.49. The number of rotatable bonds is 5. The topological polar surface area (TPSA) is 46.2 Å². The Hall–Kier alpha value is -1.86. The van der Waals surface area contributed by atoms with Gasteiger partial charge < -0.3 is 0 Å². The van der Waals surface area contributed by atoms with Crippen LogP contribution in [-0.2, 0) is 16.2 Å². The largest absolute Gasteiger partial charge is 0.417 e. The van der Waals surface area contributed by atoms with E-state index in [1.165, 1.54) is 12.1 Å². The molecule has 2 aromatic carbocycles. The Morgan fingerprint density at radius 2 is 1.62 bits per heavy atom. The Morgan fingerprint density at radius 1 is 1.04 bits per heavy atom. The summed E-state index contributed by atoms with van der Waals surface area (Å²) in [5.74, 6) is 0. The van der Waals surface area contributed by atoms with E-state index in [0.29, 0.717) is 12.0 Å². The minimum atomic E-state index is -4.74. The molecule has 0 saturated carbocycles. The zero-order valence-corrected chi connectivity index (χ0v) is 14.1. The van der Waals surface area contributed by atoms with Gasteiger partial charge in [-0.3, -0.25) is 0 Å². The third kappa shape index (κ3) is 4.15. The van der Waals surface area contributed by atoms with Crippen LogP contribution >= 0.6 is 0 Å². The van der Waals surface area contributed by atoms with Crippen LogP contribution in [-0.4, -0.2) is 8.42 Å². The van der Waals surface area contributed by atoms with Gasteiger partial charge in [0.15, 0.2) is 0 Å². The summed E-state index contributed by atoms with van der Waals surface area (Å²) in [6.07, 6.45) is -4.33. The molecule has 0 fully saturated rings. The van der Waals surface area contributed by atoms with Gasteiger partial charge in [0.1, 0.15) is 0 Å². The fraction of sp³-hybridized carbons (Fsp3) is 0.294. The second kappa shape index (κ2) is 6.94. The molecule has 24 heavy (non-hydrogen) atoms. The molecule has 3 nitrogen and oxygen atoms in total. The molecule has 1 unspecified atom stereocenters. The molecule has 130 valence electrons. The van der Waals surface area contributed by atoms with Crippen molar-refractivity contribution in [2.45, 2.75) is 37.4 Å². The van der Waals surface area contributed by atoms with E-state index >= 15 is 0 Å². The monoisotopic (exact) mass is 357 g/mol. The summed E-state index contributed by atoms with van der Waals surface area (Å²) in [5, 5.41) is 0. The minimum absolute atomic E-state index is 0.413. The fourth-order valence-corrected chi connectivity index (χ4v) is 3.91. The van der Waals surface area contributed by atoms with E-state index in [4.69, 9.17) is 0 Å². The van der Waals surface area contributed by atoms with Gasteiger partial charge in [0, 0.05) is 6.04 Å². The Morgan fingerprint density at radius 3 is 2.17 bits per heavy atom. The van der Waals surface area contributed by atoms with Crippen molar-refractivity contribution < 1.29 is 21.6 Å². The van der Waals surface area contributed by atoms with Crippen molar-refractivity contribution in [2.75, 3.05) is 0 Å². The smallest absolute Gasteiger partial charge is 0.207 e. The van der Waals surface area contributed by atoms with Crippen molar-refractivity contribution in [3.63, 3.8) is 0 Å². The van der Waals surface area contributed by atoms with Crippen LogP contribution in [0.25, 0.3) is 0 Å². The molecule has 0 bridgehead atoms. The lowest BCUT2D eigenvalue weighted by Gasteiger charge is -2.20. The summed E-state index contributed by atoms with van der Waals surface area (Å²) in [5.41, 5.74) is 0.548. The van der Waals surface area contributed by atoms with E-state index in [1.54, 1.807) is 19.1 Å². The van der Waals surface area contributed by atoms with E-state index in [-0.39, 0.29) is 0 Å². The van der Waals surface area contributed by atoms with Gasteiger partial charge in [0.2, 0.25) is 10.0 Å². The van der Waals surface area contributed by atoms with Crippen LogP contribution in [0.2, 0.25) is 0 Å². The van der Waals surface area contributed by atoms with Gasteiger partial charge in [-0.1, -0.05) is 48.9 Å². The summed E-state index contributed by atoms with van der Waals surface area (Å²) in [4.78, 5) is -0.761. The lowest BCUT2D eigenvalue weighted by Crippen LogP contribution is -2.30. The number of hydrogen-bond acceptors (Lipinski definition) is 2. The average molecular weight is 357 g/mol. The Bertz CT molecular complexity index is 799. The normalized spacial score (nSPS) is 13.7. The van der Waals surface area contributed by atoms with E-state index in [0.717, 1.165) is 17.7 Å².